The number of benzene rings is 2. The van der Waals surface area contributed by atoms with Gasteiger partial charge in [0, 0.05) is 24.0 Å². The SMILES string of the molecule is COc1ccc(C)cc1CCNC(=O)CCN1C(=O)c2ccc(Br)cc2C1=O. The van der Waals surface area contributed by atoms with Gasteiger partial charge in [0.05, 0.1) is 18.2 Å². The smallest absolute Gasteiger partial charge is 0.261 e. The number of fused-ring (bicyclic) bond motifs is 1. The van der Waals surface area contributed by atoms with E-state index >= 15 is 0 Å². The summed E-state index contributed by atoms with van der Waals surface area (Å²) >= 11 is 3.30. The highest BCUT2D eigenvalue weighted by atomic mass is 79.9. The lowest BCUT2D eigenvalue weighted by atomic mass is 10.1. The van der Waals surface area contributed by atoms with E-state index in [1.54, 1.807) is 25.3 Å². The number of amides is 3. The minimum atomic E-state index is -0.362. The molecule has 28 heavy (non-hydrogen) atoms. The zero-order valence-corrected chi connectivity index (χ0v) is 17.3. The molecule has 0 aliphatic carbocycles. The Morgan fingerprint density at radius 2 is 1.86 bits per heavy atom. The number of imide groups is 1. The first-order valence-electron chi connectivity index (χ1n) is 8.96. The molecular formula is C21H21BrN2O4. The molecule has 1 N–H and O–H groups in total. The zero-order valence-electron chi connectivity index (χ0n) is 15.8. The molecule has 0 unspecified atom stereocenters. The Kier molecular flexibility index (Phi) is 6.14. The minimum Gasteiger partial charge on any atom is -0.496 e. The van der Waals surface area contributed by atoms with Crippen molar-refractivity contribution in [3.63, 3.8) is 0 Å². The van der Waals surface area contributed by atoms with Gasteiger partial charge >= 0.3 is 0 Å². The minimum absolute atomic E-state index is 0.0591. The Morgan fingerprint density at radius 3 is 2.61 bits per heavy atom. The third-order valence-corrected chi connectivity index (χ3v) is 5.14. The van der Waals surface area contributed by atoms with E-state index in [1.807, 2.05) is 25.1 Å². The van der Waals surface area contributed by atoms with E-state index in [9.17, 15) is 14.4 Å². The highest BCUT2D eigenvalue weighted by Gasteiger charge is 2.35. The maximum atomic E-state index is 12.4. The van der Waals surface area contributed by atoms with Crippen molar-refractivity contribution in [3.05, 3.63) is 63.1 Å². The summed E-state index contributed by atoms with van der Waals surface area (Å²) in [5.41, 5.74) is 2.89. The fourth-order valence-corrected chi connectivity index (χ4v) is 3.57. The Labute approximate surface area is 172 Å². The van der Waals surface area contributed by atoms with Crippen LogP contribution in [0, 0.1) is 6.92 Å². The molecule has 0 saturated carbocycles. The summed E-state index contributed by atoms with van der Waals surface area (Å²) in [6, 6.07) is 10.9. The van der Waals surface area contributed by atoms with Crippen LogP contribution in [-0.4, -0.2) is 42.8 Å². The lowest BCUT2D eigenvalue weighted by Crippen LogP contribution is -2.35. The van der Waals surface area contributed by atoms with Crippen LogP contribution in [0.25, 0.3) is 0 Å². The van der Waals surface area contributed by atoms with Crippen molar-refractivity contribution in [3.8, 4) is 5.75 Å². The molecule has 0 fully saturated rings. The molecule has 0 aromatic heterocycles. The molecule has 6 nitrogen and oxygen atoms in total. The van der Waals surface area contributed by atoms with Crippen LogP contribution < -0.4 is 10.1 Å². The van der Waals surface area contributed by atoms with Crippen molar-refractivity contribution in [2.75, 3.05) is 20.2 Å². The summed E-state index contributed by atoms with van der Waals surface area (Å²) in [7, 11) is 1.62. The molecule has 1 aliphatic heterocycles. The van der Waals surface area contributed by atoms with Crippen LogP contribution >= 0.6 is 15.9 Å². The van der Waals surface area contributed by atoms with Crippen LogP contribution in [0.2, 0.25) is 0 Å². The Bertz CT molecular complexity index is 942. The van der Waals surface area contributed by atoms with Crippen molar-refractivity contribution < 1.29 is 19.1 Å². The van der Waals surface area contributed by atoms with Gasteiger partial charge in [0.15, 0.2) is 0 Å². The maximum Gasteiger partial charge on any atom is 0.261 e. The van der Waals surface area contributed by atoms with Crippen LogP contribution in [0.4, 0.5) is 0 Å². The molecular weight excluding hydrogens is 424 g/mol. The summed E-state index contributed by atoms with van der Waals surface area (Å²) < 4.78 is 6.07. The van der Waals surface area contributed by atoms with Gasteiger partial charge in [-0.25, -0.2) is 0 Å². The molecule has 146 valence electrons. The average molecular weight is 445 g/mol. The standard InChI is InChI=1S/C21H21BrN2O4/c1-13-3-6-18(28-2)14(11-13)7-9-23-19(25)8-10-24-20(26)16-5-4-15(22)12-17(16)21(24)27/h3-6,11-12H,7-10H2,1-2H3,(H,23,25). The van der Waals surface area contributed by atoms with Crippen LogP contribution in [0.15, 0.2) is 40.9 Å². The second-order valence-corrected chi connectivity index (χ2v) is 7.53. The van der Waals surface area contributed by atoms with E-state index in [2.05, 4.69) is 21.2 Å². The summed E-state index contributed by atoms with van der Waals surface area (Å²) in [5, 5.41) is 2.83. The number of hydrogen-bond acceptors (Lipinski definition) is 4. The molecule has 0 spiro atoms. The normalized spacial score (nSPS) is 12.9. The van der Waals surface area contributed by atoms with Gasteiger partial charge in [-0.2, -0.15) is 0 Å². The van der Waals surface area contributed by atoms with Gasteiger partial charge in [-0.3, -0.25) is 19.3 Å². The molecule has 2 aromatic carbocycles. The van der Waals surface area contributed by atoms with Crippen molar-refractivity contribution in [1.29, 1.82) is 0 Å². The molecule has 0 atom stereocenters. The first-order valence-corrected chi connectivity index (χ1v) is 9.76. The number of hydrogen-bond donors (Lipinski definition) is 1. The second kappa shape index (κ2) is 8.56. The van der Waals surface area contributed by atoms with E-state index in [0.717, 1.165) is 26.2 Å². The molecule has 1 heterocycles. The summed E-state index contributed by atoms with van der Waals surface area (Å²) in [6.45, 7) is 2.51. The number of carbonyl (C=O) groups is 3. The molecule has 0 radical (unpaired) electrons. The molecule has 1 aliphatic rings. The van der Waals surface area contributed by atoms with Gasteiger partial charge in [-0.1, -0.05) is 33.6 Å². The monoisotopic (exact) mass is 444 g/mol. The van der Waals surface area contributed by atoms with Gasteiger partial charge in [0.2, 0.25) is 5.91 Å². The first kappa shape index (κ1) is 20.1. The maximum absolute atomic E-state index is 12.4. The molecule has 0 bridgehead atoms. The first-order chi connectivity index (χ1) is 13.4. The van der Waals surface area contributed by atoms with E-state index in [0.29, 0.717) is 24.1 Å². The predicted octanol–water partition coefficient (Wildman–Crippen LogP) is 3.11. The molecule has 3 amide bonds. The number of carbonyl (C=O) groups excluding carboxylic acids is 3. The highest BCUT2D eigenvalue weighted by Crippen LogP contribution is 2.26. The number of rotatable bonds is 7. The quantitative estimate of drug-likeness (QED) is 0.665. The number of halogens is 1. The molecule has 3 rings (SSSR count). The van der Waals surface area contributed by atoms with E-state index < -0.39 is 0 Å². The van der Waals surface area contributed by atoms with Crippen LogP contribution in [-0.2, 0) is 11.2 Å². The number of nitrogens with zero attached hydrogens (tertiary/aromatic N) is 1. The summed E-state index contributed by atoms with van der Waals surface area (Å²) in [5.74, 6) is -0.134. The van der Waals surface area contributed by atoms with E-state index in [4.69, 9.17) is 4.74 Å². The van der Waals surface area contributed by atoms with Crippen LogP contribution in [0.1, 0.15) is 38.3 Å². The highest BCUT2D eigenvalue weighted by molar-refractivity contribution is 9.10. The van der Waals surface area contributed by atoms with Crippen molar-refractivity contribution in [1.82, 2.24) is 10.2 Å². The summed E-state index contributed by atoms with van der Waals surface area (Å²) in [4.78, 5) is 38.1. The van der Waals surface area contributed by atoms with Gasteiger partial charge in [0.1, 0.15) is 5.75 Å². The van der Waals surface area contributed by atoms with Gasteiger partial charge < -0.3 is 10.1 Å². The number of ether oxygens (including phenoxy) is 1. The largest absolute Gasteiger partial charge is 0.496 e. The van der Waals surface area contributed by atoms with Crippen molar-refractivity contribution in [2.24, 2.45) is 0 Å². The second-order valence-electron chi connectivity index (χ2n) is 6.62. The number of aryl methyl sites for hydroxylation is 1. The van der Waals surface area contributed by atoms with Crippen molar-refractivity contribution >= 4 is 33.7 Å². The van der Waals surface area contributed by atoms with E-state index in [1.165, 1.54) is 0 Å². The number of methoxy groups -OCH3 is 1. The van der Waals surface area contributed by atoms with Crippen LogP contribution in [0.5, 0.6) is 5.75 Å². The van der Waals surface area contributed by atoms with Crippen molar-refractivity contribution in [2.45, 2.75) is 19.8 Å². The topological polar surface area (TPSA) is 75.7 Å². The summed E-state index contributed by atoms with van der Waals surface area (Å²) in [6.07, 6.45) is 0.704. The number of nitrogens with one attached hydrogen (secondary N) is 1. The third-order valence-electron chi connectivity index (χ3n) is 4.65. The fraction of sp³-hybridized carbons (Fsp3) is 0.286. The Hall–Kier alpha value is -2.67. The average Bonchev–Trinajstić information content (AvgIpc) is 2.90. The Balaban J connectivity index is 1.51. The lowest BCUT2D eigenvalue weighted by molar-refractivity contribution is -0.121. The fourth-order valence-electron chi connectivity index (χ4n) is 3.21. The van der Waals surface area contributed by atoms with E-state index in [-0.39, 0.29) is 30.7 Å². The van der Waals surface area contributed by atoms with Gasteiger partial charge in [0.25, 0.3) is 11.8 Å². The van der Waals surface area contributed by atoms with Gasteiger partial charge in [-0.15, -0.1) is 0 Å². The Morgan fingerprint density at radius 1 is 1.11 bits per heavy atom. The molecule has 0 saturated heterocycles. The molecule has 7 heteroatoms. The molecule has 2 aromatic rings. The third kappa shape index (κ3) is 4.25. The van der Waals surface area contributed by atoms with Crippen LogP contribution in [0.3, 0.4) is 0 Å². The zero-order chi connectivity index (χ0) is 20.3. The van der Waals surface area contributed by atoms with Gasteiger partial charge in [-0.05, 0) is 43.2 Å². The lowest BCUT2D eigenvalue weighted by Gasteiger charge is -2.14. The predicted molar refractivity (Wildman–Crippen MR) is 109 cm³/mol.